The van der Waals surface area contributed by atoms with Gasteiger partial charge in [-0.05, 0) is 57.6 Å². The van der Waals surface area contributed by atoms with Gasteiger partial charge in [-0.3, -0.25) is 24.0 Å². The van der Waals surface area contributed by atoms with Crippen LogP contribution in [0.15, 0.2) is 30.3 Å². The van der Waals surface area contributed by atoms with Crippen LogP contribution in [-0.4, -0.2) is 95.9 Å². The number of nitrogens with zero attached hydrogens (tertiary/aromatic N) is 1. The minimum absolute atomic E-state index is 0.207. The van der Waals surface area contributed by atoms with Crippen molar-refractivity contribution >= 4 is 35.5 Å². The quantitative estimate of drug-likeness (QED) is 0.108. The average molecular weight is 576 g/mol. The lowest BCUT2D eigenvalue weighted by Crippen LogP contribution is -2.55. The minimum Gasteiger partial charge on any atom is -0.480 e. The van der Waals surface area contributed by atoms with E-state index >= 15 is 0 Å². The predicted molar refractivity (Wildman–Crippen MR) is 149 cm³/mol. The molecule has 0 aliphatic carbocycles. The summed E-state index contributed by atoms with van der Waals surface area (Å²) in [5.41, 5.74) is 12.4. The van der Waals surface area contributed by atoms with Gasteiger partial charge in [0.2, 0.25) is 29.5 Å². The van der Waals surface area contributed by atoms with Crippen LogP contribution in [-0.2, 0) is 35.2 Å². The Labute approximate surface area is 238 Å². The number of carboxylic acids is 1. The van der Waals surface area contributed by atoms with Gasteiger partial charge in [0.1, 0.15) is 18.1 Å². The number of carboxylic acid groups (broad SMARTS) is 1. The largest absolute Gasteiger partial charge is 0.480 e. The average Bonchev–Trinajstić information content (AvgIpc) is 3.44. The molecule has 0 unspecified atom stereocenters. The molecule has 14 heteroatoms. The van der Waals surface area contributed by atoms with E-state index in [0.29, 0.717) is 45.2 Å². The first-order valence-corrected chi connectivity index (χ1v) is 13.7. The molecule has 0 spiro atoms. The van der Waals surface area contributed by atoms with E-state index in [9.17, 15) is 33.9 Å². The van der Waals surface area contributed by atoms with Crippen molar-refractivity contribution in [3.63, 3.8) is 0 Å². The number of aliphatic carboxylic acids is 1. The summed E-state index contributed by atoms with van der Waals surface area (Å²) >= 11 is 0. The van der Waals surface area contributed by atoms with Crippen LogP contribution in [0.5, 0.6) is 0 Å². The van der Waals surface area contributed by atoms with E-state index in [0.717, 1.165) is 5.56 Å². The van der Waals surface area contributed by atoms with Gasteiger partial charge in [0.05, 0.1) is 19.1 Å². The molecule has 0 aromatic heterocycles. The molecule has 14 nitrogen and oxygen atoms in total. The van der Waals surface area contributed by atoms with Crippen LogP contribution in [0.25, 0.3) is 0 Å². The summed E-state index contributed by atoms with van der Waals surface area (Å²) in [5.74, 6) is -4.03. The number of hydrogen-bond acceptors (Lipinski definition) is 8. The van der Waals surface area contributed by atoms with Crippen molar-refractivity contribution in [2.75, 3.05) is 26.2 Å². The van der Waals surface area contributed by atoms with Crippen molar-refractivity contribution in [2.45, 2.75) is 69.6 Å². The zero-order valence-electron chi connectivity index (χ0n) is 23.3. The highest BCUT2D eigenvalue weighted by Gasteiger charge is 2.37. The lowest BCUT2D eigenvalue weighted by Gasteiger charge is -2.27. The molecule has 1 heterocycles. The molecule has 0 bridgehead atoms. The Morgan fingerprint density at radius 1 is 1.00 bits per heavy atom. The molecular formula is C27H41N7O7. The molecule has 0 saturated carbocycles. The normalized spacial score (nSPS) is 16.7. The van der Waals surface area contributed by atoms with Crippen molar-refractivity contribution in [1.29, 1.82) is 0 Å². The lowest BCUT2D eigenvalue weighted by atomic mass is 10.1. The second-order valence-corrected chi connectivity index (χ2v) is 9.95. The summed E-state index contributed by atoms with van der Waals surface area (Å²) < 4.78 is 0. The van der Waals surface area contributed by atoms with Crippen molar-refractivity contribution in [3.8, 4) is 0 Å². The van der Waals surface area contributed by atoms with Gasteiger partial charge in [0, 0.05) is 6.54 Å². The summed E-state index contributed by atoms with van der Waals surface area (Å²) in [6.45, 7) is 1.30. The molecule has 1 aliphatic rings. The Hall–Kier alpha value is -4.04. The van der Waals surface area contributed by atoms with E-state index in [2.05, 4.69) is 21.3 Å². The summed E-state index contributed by atoms with van der Waals surface area (Å²) in [7, 11) is 0. The third-order valence-electron chi connectivity index (χ3n) is 6.66. The van der Waals surface area contributed by atoms with Gasteiger partial charge in [-0.15, -0.1) is 0 Å². The molecule has 2 rings (SSSR count). The number of amides is 5. The van der Waals surface area contributed by atoms with Crippen LogP contribution >= 0.6 is 0 Å². The molecule has 9 N–H and O–H groups in total. The zero-order valence-corrected chi connectivity index (χ0v) is 23.3. The number of carbonyl (C=O) groups is 6. The van der Waals surface area contributed by atoms with E-state index in [1.54, 1.807) is 0 Å². The molecule has 1 aromatic rings. The SMILES string of the molecule is C[C@H](NC(=O)[C@@H]1CCCN1C(=O)[C@@H](N)Cc1ccccc1)C(=O)NCC(=O)NCC(=O)N[C@@H](CCCCN)C(=O)O. The van der Waals surface area contributed by atoms with Gasteiger partial charge in [0.15, 0.2) is 0 Å². The number of likely N-dealkylation sites (tertiary alicyclic amines) is 1. The van der Waals surface area contributed by atoms with E-state index in [1.165, 1.54) is 11.8 Å². The second kappa shape index (κ2) is 16.9. The topological polar surface area (TPSA) is 226 Å². The zero-order chi connectivity index (χ0) is 30.4. The van der Waals surface area contributed by atoms with Gasteiger partial charge in [-0.2, -0.15) is 0 Å². The standard InChI is InChI=1S/C27H41N7O7/c1-17(24(37)31-15-22(35)30-16-23(36)33-20(27(40)41)10-5-6-12-28)32-25(38)21-11-7-13-34(21)26(39)19(29)14-18-8-3-2-4-9-18/h2-4,8-9,17,19-21H,5-7,10-16,28-29H2,1H3,(H,30,35)(H,31,37)(H,32,38)(H,33,36)(H,40,41)/t17-,19-,20-,21-/m0/s1. The monoisotopic (exact) mass is 575 g/mol. The van der Waals surface area contributed by atoms with E-state index in [4.69, 9.17) is 11.5 Å². The van der Waals surface area contributed by atoms with Crippen LogP contribution in [0.2, 0.25) is 0 Å². The van der Waals surface area contributed by atoms with Crippen LogP contribution in [0, 0.1) is 0 Å². The minimum atomic E-state index is -1.19. The second-order valence-electron chi connectivity index (χ2n) is 9.95. The summed E-state index contributed by atoms with van der Waals surface area (Å²) in [6, 6.07) is 5.66. The number of rotatable bonds is 16. The highest BCUT2D eigenvalue weighted by atomic mass is 16.4. The maximum absolute atomic E-state index is 13.0. The predicted octanol–water partition coefficient (Wildman–Crippen LogP) is -2.02. The van der Waals surface area contributed by atoms with Gasteiger partial charge in [-0.1, -0.05) is 30.3 Å². The van der Waals surface area contributed by atoms with E-state index in [1.807, 2.05) is 30.3 Å². The van der Waals surface area contributed by atoms with Gasteiger partial charge in [-0.25, -0.2) is 4.79 Å². The molecular weight excluding hydrogens is 534 g/mol. The Balaban J connectivity index is 1.75. The van der Waals surface area contributed by atoms with Crippen LogP contribution < -0.4 is 32.7 Å². The number of nitrogens with two attached hydrogens (primary N) is 2. The van der Waals surface area contributed by atoms with Crippen molar-refractivity contribution in [3.05, 3.63) is 35.9 Å². The van der Waals surface area contributed by atoms with Crippen molar-refractivity contribution < 1.29 is 33.9 Å². The van der Waals surface area contributed by atoms with Crippen LogP contribution in [0.3, 0.4) is 0 Å². The summed E-state index contributed by atoms with van der Waals surface area (Å²) in [5, 5.41) is 18.8. The first kappa shape index (κ1) is 33.2. The maximum atomic E-state index is 13.0. The highest BCUT2D eigenvalue weighted by Crippen LogP contribution is 2.19. The highest BCUT2D eigenvalue weighted by molar-refractivity contribution is 5.94. The summed E-state index contributed by atoms with van der Waals surface area (Å²) in [4.78, 5) is 75.1. The first-order valence-electron chi connectivity index (χ1n) is 13.7. The molecule has 4 atom stereocenters. The molecule has 1 fully saturated rings. The van der Waals surface area contributed by atoms with E-state index < -0.39 is 66.9 Å². The Bertz CT molecular complexity index is 1070. The lowest BCUT2D eigenvalue weighted by molar-refractivity contribution is -0.142. The van der Waals surface area contributed by atoms with Crippen LogP contribution in [0.1, 0.15) is 44.6 Å². The Morgan fingerprint density at radius 3 is 2.34 bits per heavy atom. The number of nitrogens with one attached hydrogen (secondary N) is 4. The van der Waals surface area contributed by atoms with Gasteiger partial charge < -0.3 is 42.7 Å². The third-order valence-corrected chi connectivity index (χ3v) is 6.66. The molecule has 0 radical (unpaired) electrons. The fourth-order valence-electron chi connectivity index (χ4n) is 4.40. The molecule has 41 heavy (non-hydrogen) atoms. The van der Waals surface area contributed by atoms with E-state index in [-0.39, 0.29) is 12.3 Å². The summed E-state index contributed by atoms with van der Waals surface area (Å²) in [6.07, 6.45) is 2.75. The first-order chi connectivity index (χ1) is 19.5. The van der Waals surface area contributed by atoms with Crippen molar-refractivity contribution in [1.82, 2.24) is 26.2 Å². The molecule has 1 aromatic carbocycles. The number of unbranched alkanes of at least 4 members (excludes halogenated alkanes) is 1. The number of hydrogen-bond donors (Lipinski definition) is 7. The van der Waals surface area contributed by atoms with Gasteiger partial charge in [0.25, 0.3) is 0 Å². The maximum Gasteiger partial charge on any atom is 0.326 e. The molecule has 5 amide bonds. The number of carbonyl (C=O) groups excluding carboxylic acids is 5. The third kappa shape index (κ3) is 11.2. The smallest absolute Gasteiger partial charge is 0.326 e. The fraction of sp³-hybridized carbons (Fsp3) is 0.556. The Morgan fingerprint density at radius 2 is 1.68 bits per heavy atom. The van der Waals surface area contributed by atoms with Gasteiger partial charge >= 0.3 is 5.97 Å². The fourth-order valence-corrected chi connectivity index (χ4v) is 4.40. The van der Waals surface area contributed by atoms with Crippen LogP contribution in [0.4, 0.5) is 0 Å². The molecule has 1 aliphatic heterocycles. The molecule has 1 saturated heterocycles. The number of benzene rings is 1. The Kier molecular flexibility index (Phi) is 13.7. The molecule has 226 valence electrons. The van der Waals surface area contributed by atoms with Crippen molar-refractivity contribution in [2.24, 2.45) is 11.5 Å².